The molecule has 0 bridgehead atoms. The molecule has 3 aromatic rings. The van der Waals surface area contributed by atoms with Crippen LogP contribution < -0.4 is 14.6 Å². The number of aromatic nitrogens is 2. The molecule has 0 saturated carbocycles. The molecule has 1 aromatic carbocycles. The Labute approximate surface area is 368 Å². The molecule has 0 spiro atoms. The summed E-state index contributed by atoms with van der Waals surface area (Å²) in [5.74, 6) is -2.87. The number of pyridine rings is 1. The summed E-state index contributed by atoms with van der Waals surface area (Å²) in [6.07, 6.45) is 3.59. The van der Waals surface area contributed by atoms with Crippen molar-refractivity contribution in [3.63, 3.8) is 0 Å². The molecule has 2 aliphatic heterocycles. The highest BCUT2D eigenvalue weighted by atomic mass is 32.2. The van der Waals surface area contributed by atoms with Crippen LogP contribution in [0, 0.1) is 6.92 Å². The highest BCUT2D eigenvalue weighted by molar-refractivity contribution is 8.00. The molecule has 1 saturated heterocycles. The van der Waals surface area contributed by atoms with Crippen molar-refractivity contribution in [3.8, 4) is 16.9 Å². The zero-order valence-corrected chi connectivity index (χ0v) is 36.5. The molecule has 338 valence electrons. The second-order valence-electron chi connectivity index (χ2n) is 15.9. The lowest BCUT2D eigenvalue weighted by molar-refractivity contribution is -0.689. The van der Waals surface area contributed by atoms with Gasteiger partial charge < -0.3 is 39.5 Å². The van der Waals surface area contributed by atoms with E-state index in [-0.39, 0.29) is 48.1 Å². The average molecular weight is 894 g/mol. The van der Waals surface area contributed by atoms with E-state index in [0.717, 1.165) is 4.57 Å². The van der Waals surface area contributed by atoms with Gasteiger partial charge in [-0.15, -0.1) is 17.8 Å². The first kappa shape index (κ1) is 50.7. The lowest BCUT2D eigenvalue weighted by Gasteiger charge is -2.49. The minimum Gasteiger partial charge on any atom is -0.497 e. The van der Waals surface area contributed by atoms with Crippen LogP contribution in [0.15, 0.2) is 76.4 Å². The minimum absolute atomic E-state index is 0. The molecule has 0 radical (unpaired) electrons. The molecule has 4 heterocycles. The Balaban J connectivity index is 0.00000528. The number of benzene rings is 1. The summed E-state index contributed by atoms with van der Waals surface area (Å²) in [5.41, 5.74) is 0.706. The predicted molar refractivity (Wildman–Crippen MR) is 231 cm³/mol. The van der Waals surface area contributed by atoms with E-state index in [1.54, 1.807) is 102 Å². The summed E-state index contributed by atoms with van der Waals surface area (Å²) in [6.45, 7) is 11.8. The maximum absolute atomic E-state index is 14.0. The van der Waals surface area contributed by atoms with Crippen LogP contribution in [0.5, 0.6) is 5.75 Å². The largest absolute Gasteiger partial charge is 0.497 e. The van der Waals surface area contributed by atoms with Gasteiger partial charge in [-0.2, -0.15) is 0 Å². The molecule has 2 unspecified atom stereocenters. The van der Waals surface area contributed by atoms with Gasteiger partial charge in [-0.05, 0) is 77.3 Å². The van der Waals surface area contributed by atoms with Crippen LogP contribution in [-0.4, -0.2) is 99.5 Å². The lowest BCUT2D eigenvalue weighted by atomic mass is 10.0. The number of esters is 2. The molecule has 0 aliphatic carbocycles. The van der Waals surface area contributed by atoms with Gasteiger partial charge in [0.05, 0.1) is 19.2 Å². The number of ether oxygens (including phenoxy) is 4. The Hall–Kier alpha value is -6.66. The Morgan fingerprint density at radius 3 is 2.19 bits per heavy atom. The number of amides is 3. The average Bonchev–Trinajstić information content (AvgIpc) is 3.54. The van der Waals surface area contributed by atoms with E-state index in [4.69, 9.17) is 29.2 Å². The standard InChI is InChI=1S/C42H47N7O11S.CH4.FH/c1-24-29(20-48(33(24)36(52)44-23-43)40(55)60-42(5,6)7)26-14-16-47(17-15-26)19-27-22-61-38-32(45-35(51)30(46-57-9)18-31(50)59-41(2,3)4)37(53)49(38)34(27)39(54)58-21-25-10-12-28(56-8)13-11-25;;/h10-17,20,32,38H,18-19,21-22H2,1-9H3,(H,45,51);1H4;1H/b46-30-;;. The summed E-state index contributed by atoms with van der Waals surface area (Å²) >= 11 is 1.32. The van der Waals surface area contributed by atoms with Crippen molar-refractivity contribution in [1.82, 2.24) is 14.8 Å². The smallest absolute Gasteiger partial charge is 0.419 e. The highest BCUT2D eigenvalue weighted by Crippen LogP contribution is 2.41. The summed E-state index contributed by atoms with van der Waals surface area (Å²) in [5, 5.41) is 14.7. The molecule has 20 heteroatoms. The van der Waals surface area contributed by atoms with Gasteiger partial charge in [-0.1, -0.05) is 24.7 Å². The van der Waals surface area contributed by atoms with E-state index in [0.29, 0.717) is 33.6 Å². The molecule has 63 heavy (non-hydrogen) atoms. The number of hydrogen-bond donors (Lipinski definition) is 1. The van der Waals surface area contributed by atoms with Gasteiger partial charge in [-0.3, -0.25) is 28.8 Å². The van der Waals surface area contributed by atoms with Gasteiger partial charge >= 0.3 is 18.0 Å². The van der Waals surface area contributed by atoms with Crippen molar-refractivity contribution in [2.75, 3.05) is 20.0 Å². The maximum atomic E-state index is 14.0. The second kappa shape index (κ2) is 20.9. The monoisotopic (exact) mass is 893 g/mol. The van der Waals surface area contributed by atoms with E-state index in [9.17, 15) is 28.8 Å². The van der Waals surface area contributed by atoms with Gasteiger partial charge in [-0.25, -0.2) is 18.7 Å². The number of hydrogen-bond acceptors (Lipinski definition) is 13. The molecule has 18 nitrogen and oxygen atoms in total. The van der Waals surface area contributed by atoms with Crippen LogP contribution in [0.25, 0.3) is 16.5 Å². The number of rotatable bonds is 13. The normalized spacial score (nSPS) is 15.9. The van der Waals surface area contributed by atoms with Crippen LogP contribution >= 0.6 is 11.8 Å². The number of aliphatic imine (C=N–C) groups is 1. The number of oxime groups is 1. The van der Waals surface area contributed by atoms with Crippen LogP contribution in [0.1, 0.15) is 77.0 Å². The molecule has 2 atom stereocenters. The highest BCUT2D eigenvalue weighted by Gasteiger charge is 2.55. The van der Waals surface area contributed by atoms with Crippen molar-refractivity contribution in [1.29, 1.82) is 0 Å². The quantitative estimate of drug-likeness (QED) is 0.0574. The van der Waals surface area contributed by atoms with Crippen molar-refractivity contribution < 1.29 is 61.8 Å². The summed E-state index contributed by atoms with van der Waals surface area (Å²) in [6, 6.07) is 10.8. The van der Waals surface area contributed by atoms with Gasteiger partial charge in [0.2, 0.25) is 5.91 Å². The second-order valence-corrected chi connectivity index (χ2v) is 17.0. The number of β-lactam (4-membered cyclic amide) rings is 1. The number of fused-ring (bicyclic) bond motifs is 1. The SMILES string of the molecule is C.CO/N=C(/CC(=O)OC(C)(C)C)C(=O)NC1C(=O)N2C(C(=O)OCc3ccc(OC)cc3)=C(C[n+]3ccc(-c4cn(C(=O)OC(C)(C)C)c(C(=O)N=C=[N-])c4C)cc3)CSC12.F. The first-order chi connectivity index (χ1) is 28.7. The summed E-state index contributed by atoms with van der Waals surface area (Å²) < 4.78 is 24.6. The molecular formula is C43H52FN7O11S. The molecule has 1 N–H and O–H groups in total. The van der Waals surface area contributed by atoms with E-state index in [1.807, 2.05) is 0 Å². The van der Waals surface area contributed by atoms with Gasteiger partial charge in [0.1, 0.15) is 47.8 Å². The fourth-order valence-corrected chi connectivity index (χ4v) is 7.74. The van der Waals surface area contributed by atoms with E-state index in [1.165, 1.54) is 43.1 Å². The maximum Gasteiger partial charge on any atom is 0.419 e. The van der Waals surface area contributed by atoms with Gasteiger partial charge in [0.25, 0.3) is 11.8 Å². The third-order valence-electron chi connectivity index (χ3n) is 9.03. The zero-order valence-electron chi connectivity index (χ0n) is 35.7. The van der Waals surface area contributed by atoms with Crippen molar-refractivity contribution in [3.05, 3.63) is 88.5 Å². The fourth-order valence-electron chi connectivity index (χ4n) is 6.40. The first-order valence-electron chi connectivity index (χ1n) is 18.9. The molecule has 5 rings (SSSR count). The minimum atomic E-state index is -1.06. The van der Waals surface area contributed by atoms with Gasteiger partial charge in [0, 0.05) is 35.2 Å². The number of carbonyl (C=O) groups is 6. The molecule has 2 aliphatic rings. The Bertz CT molecular complexity index is 2340. The Morgan fingerprint density at radius 1 is 0.984 bits per heavy atom. The fraction of sp³-hybridized carbons (Fsp3) is 0.419. The van der Waals surface area contributed by atoms with E-state index in [2.05, 4.69) is 15.5 Å². The number of methoxy groups -OCH3 is 1. The van der Waals surface area contributed by atoms with Crippen LogP contribution in [-0.2, 0) is 51.4 Å². The van der Waals surface area contributed by atoms with Crippen LogP contribution in [0.3, 0.4) is 0 Å². The molecule has 3 amide bonds. The van der Waals surface area contributed by atoms with Crippen molar-refractivity contribution in [2.24, 2.45) is 10.1 Å². The summed E-state index contributed by atoms with van der Waals surface area (Å²) in [4.78, 5) is 89.0. The topological polar surface area (TPSA) is 220 Å². The predicted octanol–water partition coefficient (Wildman–Crippen LogP) is 5.35. The Kier molecular flexibility index (Phi) is 16.8. The van der Waals surface area contributed by atoms with Crippen LogP contribution in [0.4, 0.5) is 9.50 Å². The third-order valence-corrected chi connectivity index (χ3v) is 10.4. The zero-order chi connectivity index (χ0) is 44.8. The number of halogens is 1. The number of carbonyl (C=O) groups excluding carboxylic acids is 6. The number of thioether (sulfide) groups is 1. The molecule has 2 aromatic heterocycles. The number of nitrogens with one attached hydrogen (secondary N) is 1. The van der Waals surface area contributed by atoms with Crippen molar-refractivity contribution >= 4 is 59.2 Å². The lowest BCUT2D eigenvalue weighted by Crippen LogP contribution is -2.71. The molecule has 1 fully saturated rings. The first-order valence-corrected chi connectivity index (χ1v) is 20.0. The van der Waals surface area contributed by atoms with E-state index >= 15 is 0 Å². The molecular weight excluding hydrogens is 842 g/mol. The van der Waals surface area contributed by atoms with Crippen LogP contribution in [0.2, 0.25) is 0 Å². The third kappa shape index (κ3) is 12.3. The van der Waals surface area contributed by atoms with Crippen molar-refractivity contribution in [2.45, 2.75) is 98.1 Å². The Morgan fingerprint density at radius 2 is 1.62 bits per heavy atom. The van der Waals surface area contributed by atoms with E-state index < -0.39 is 64.8 Å². The summed E-state index contributed by atoms with van der Waals surface area (Å²) in [7, 11) is 2.75. The van der Waals surface area contributed by atoms with Gasteiger partial charge in [0.15, 0.2) is 24.7 Å². The number of nitrogens with zero attached hydrogens (tertiary/aromatic N) is 6.